The number of anilines is 2. The van der Waals surface area contributed by atoms with E-state index < -0.39 is 5.82 Å². The van der Waals surface area contributed by atoms with Crippen molar-refractivity contribution in [1.82, 2.24) is 4.98 Å². The fourth-order valence-electron chi connectivity index (χ4n) is 3.53. The van der Waals surface area contributed by atoms with E-state index in [2.05, 4.69) is 15.6 Å². The number of halogens is 1. The van der Waals surface area contributed by atoms with E-state index in [1.54, 1.807) is 0 Å². The molecule has 0 bridgehead atoms. The van der Waals surface area contributed by atoms with Gasteiger partial charge in [0.2, 0.25) is 5.91 Å². The summed E-state index contributed by atoms with van der Waals surface area (Å²) in [4.78, 5) is 30.8. The largest absolute Gasteiger partial charge is 0.325 e. The summed E-state index contributed by atoms with van der Waals surface area (Å²) in [6.45, 7) is 3.93. The van der Waals surface area contributed by atoms with Gasteiger partial charge in [0, 0.05) is 16.1 Å². The predicted molar refractivity (Wildman–Crippen MR) is 112 cm³/mol. The molecule has 0 aliphatic heterocycles. The van der Waals surface area contributed by atoms with Crippen molar-refractivity contribution in [1.29, 1.82) is 0 Å². The van der Waals surface area contributed by atoms with Crippen LogP contribution in [0, 0.1) is 19.7 Å². The van der Waals surface area contributed by atoms with Gasteiger partial charge in [-0.2, -0.15) is 0 Å². The van der Waals surface area contributed by atoms with Crippen LogP contribution in [0.3, 0.4) is 0 Å². The Balaban J connectivity index is 1.49. The number of para-hydroxylation sites is 1. The first kappa shape index (κ1) is 19.3. The van der Waals surface area contributed by atoms with Gasteiger partial charge in [0.25, 0.3) is 5.91 Å². The van der Waals surface area contributed by atoms with Gasteiger partial charge in [0.15, 0.2) is 5.13 Å². The molecule has 4 rings (SSSR count). The number of thiazole rings is 1. The summed E-state index contributed by atoms with van der Waals surface area (Å²) in [6.07, 6.45) is 1.46. The molecule has 0 saturated heterocycles. The van der Waals surface area contributed by atoms with Gasteiger partial charge < -0.3 is 5.32 Å². The van der Waals surface area contributed by atoms with E-state index in [-0.39, 0.29) is 17.7 Å². The van der Waals surface area contributed by atoms with Crippen molar-refractivity contribution >= 4 is 34.0 Å². The molecule has 1 aliphatic rings. The molecule has 148 valence electrons. The smallest absolute Gasteiger partial charge is 0.257 e. The van der Waals surface area contributed by atoms with Crippen LogP contribution in [0.15, 0.2) is 42.5 Å². The van der Waals surface area contributed by atoms with Crippen molar-refractivity contribution in [3.63, 3.8) is 0 Å². The van der Waals surface area contributed by atoms with Gasteiger partial charge in [-0.15, -0.1) is 11.3 Å². The van der Waals surface area contributed by atoms with Crippen LogP contribution in [0.4, 0.5) is 15.2 Å². The highest BCUT2D eigenvalue weighted by Gasteiger charge is 2.33. The maximum Gasteiger partial charge on any atom is 0.257 e. The van der Waals surface area contributed by atoms with Gasteiger partial charge in [-0.05, 0) is 62.1 Å². The molecule has 0 spiro atoms. The molecule has 7 heteroatoms. The summed E-state index contributed by atoms with van der Waals surface area (Å²) in [5.41, 5.74) is 3.95. The molecule has 1 unspecified atom stereocenters. The van der Waals surface area contributed by atoms with Crippen LogP contribution < -0.4 is 10.6 Å². The van der Waals surface area contributed by atoms with Crippen LogP contribution in [0.5, 0.6) is 0 Å². The minimum Gasteiger partial charge on any atom is -0.325 e. The van der Waals surface area contributed by atoms with Crippen LogP contribution in [0.1, 0.15) is 44.4 Å². The molecule has 2 aromatic carbocycles. The third-order valence-electron chi connectivity index (χ3n) is 5.09. The zero-order valence-electron chi connectivity index (χ0n) is 16.1. The number of aryl methyl sites for hydroxylation is 3. The molecule has 2 N–H and O–H groups in total. The second-order valence-corrected chi connectivity index (χ2v) is 8.22. The lowest BCUT2D eigenvalue weighted by molar-refractivity contribution is -0.117. The third kappa shape index (κ3) is 3.91. The molecule has 3 aromatic rings. The van der Waals surface area contributed by atoms with Gasteiger partial charge in [0.05, 0.1) is 11.6 Å². The van der Waals surface area contributed by atoms with Crippen LogP contribution in [-0.2, 0) is 11.2 Å². The highest BCUT2D eigenvalue weighted by molar-refractivity contribution is 7.16. The van der Waals surface area contributed by atoms with E-state index in [1.807, 2.05) is 32.0 Å². The maximum atomic E-state index is 13.0. The summed E-state index contributed by atoms with van der Waals surface area (Å²) in [5.74, 6) is -1.17. The van der Waals surface area contributed by atoms with Gasteiger partial charge in [0.1, 0.15) is 5.82 Å². The average Bonchev–Trinajstić information content (AvgIpc) is 3.25. The van der Waals surface area contributed by atoms with Gasteiger partial charge >= 0.3 is 0 Å². The van der Waals surface area contributed by atoms with Crippen molar-refractivity contribution in [2.75, 3.05) is 10.6 Å². The van der Waals surface area contributed by atoms with Crippen molar-refractivity contribution in [3.8, 4) is 0 Å². The van der Waals surface area contributed by atoms with E-state index >= 15 is 0 Å². The number of carbonyl (C=O) groups is 2. The number of nitrogens with one attached hydrogen (secondary N) is 2. The fourth-order valence-corrected chi connectivity index (χ4v) is 4.56. The molecule has 0 radical (unpaired) electrons. The summed E-state index contributed by atoms with van der Waals surface area (Å²) in [5, 5.41) is 6.25. The van der Waals surface area contributed by atoms with E-state index in [0.29, 0.717) is 17.1 Å². The quantitative estimate of drug-likeness (QED) is 0.649. The molecule has 2 amide bonds. The molecule has 29 heavy (non-hydrogen) atoms. The molecule has 1 heterocycles. The van der Waals surface area contributed by atoms with Crippen molar-refractivity contribution in [2.45, 2.75) is 32.6 Å². The Hall–Kier alpha value is -3.06. The van der Waals surface area contributed by atoms with E-state index in [4.69, 9.17) is 0 Å². The number of hydrogen-bond donors (Lipinski definition) is 2. The average molecular weight is 409 g/mol. The predicted octanol–water partition coefficient (Wildman–Crippen LogP) is 4.82. The SMILES string of the molecule is Cc1cccc(C)c1NC(=O)C1CCc2sc(NC(=O)c3ccc(F)cc3)nc21. The number of rotatable bonds is 4. The number of aromatic nitrogens is 1. The second kappa shape index (κ2) is 7.75. The van der Waals surface area contributed by atoms with Crippen molar-refractivity contribution in [2.24, 2.45) is 0 Å². The maximum absolute atomic E-state index is 13.0. The fraction of sp³-hybridized carbons (Fsp3) is 0.227. The van der Waals surface area contributed by atoms with E-state index in [9.17, 15) is 14.0 Å². The Morgan fingerprint density at radius 3 is 2.45 bits per heavy atom. The number of carbonyl (C=O) groups excluding carboxylic acids is 2. The van der Waals surface area contributed by atoms with Crippen molar-refractivity contribution < 1.29 is 14.0 Å². The topological polar surface area (TPSA) is 71.1 Å². The number of nitrogens with zero attached hydrogens (tertiary/aromatic N) is 1. The van der Waals surface area contributed by atoms with Crippen LogP contribution in [-0.4, -0.2) is 16.8 Å². The zero-order chi connectivity index (χ0) is 20.5. The standard InChI is InChI=1S/C22H20FN3O2S/c1-12-4-3-5-13(2)18(12)24-21(28)16-10-11-17-19(16)25-22(29-17)26-20(27)14-6-8-15(23)9-7-14/h3-9,16H,10-11H2,1-2H3,(H,24,28)(H,25,26,27). The lowest BCUT2D eigenvalue weighted by Crippen LogP contribution is -2.21. The Labute approximate surface area is 172 Å². The van der Waals surface area contributed by atoms with E-state index in [1.165, 1.54) is 35.6 Å². The molecule has 0 saturated carbocycles. The first-order chi connectivity index (χ1) is 13.9. The summed E-state index contributed by atoms with van der Waals surface area (Å²) < 4.78 is 13.0. The third-order valence-corrected chi connectivity index (χ3v) is 6.14. The minimum atomic E-state index is -0.396. The van der Waals surface area contributed by atoms with Crippen LogP contribution in [0.2, 0.25) is 0 Å². The molecule has 1 aromatic heterocycles. The number of fused-ring (bicyclic) bond motifs is 1. The zero-order valence-corrected chi connectivity index (χ0v) is 16.9. The van der Waals surface area contributed by atoms with Gasteiger partial charge in [-0.25, -0.2) is 9.37 Å². The van der Waals surface area contributed by atoms with Crippen LogP contribution in [0.25, 0.3) is 0 Å². The molecule has 0 fully saturated rings. The number of hydrogen-bond acceptors (Lipinski definition) is 4. The van der Waals surface area contributed by atoms with Crippen LogP contribution >= 0.6 is 11.3 Å². The molecule has 1 aliphatic carbocycles. The Morgan fingerprint density at radius 1 is 1.07 bits per heavy atom. The lowest BCUT2D eigenvalue weighted by Gasteiger charge is -2.14. The summed E-state index contributed by atoms with van der Waals surface area (Å²) in [7, 11) is 0. The number of benzene rings is 2. The first-order valence-corrected chi connectivity index (χ1v) is 10.2. The van der Waals surface area contributed by atoms with Crippen molar-refractivity contribution in [3.05, 3.63) is 75.5 Å². The molecular weight excluding hydrogens is 389 g/mol. The Morgan fingerprint density at radius 2 is 1.76 bits per heavy atom. The normalized spacial score (nSPS) is 15.1. The number of amides is 2. The Kier molecular flexibility index (Phi) is 5.15. The minimum absolute atomic E-state index is 0.0807. The second-order valence-electron chi connectivity index (χ2n) is 7.14. The summed E-state index contributed by atoms with van der Waals surface area (Å²) >= 11 is 1.38. The monoisotopic (exact) mass is 409 g/mol. The van der Waals surface area contributed by atoms with Gasteiger partial charge in [-0.3, -0.25) is 14.9 Å². The Bertz CT molecular complexity index is 1070. The molecule has 5 nitrogen and oxygen atoms in total. The first-order valence-electron chi connectivity index (χ1n) is 9.36. The van der Waals surface area contributed by atoms with E-state index in [0.717, 1.165) is 33.8 Å². The highest BCUT2D eigenvalue weighted by Crippen LogP contribution is 2.39. The highest BCUT2D eigenvalue weighted by atomic mass is 32.1. The molecular formula is C22H20FN3O2S. The lowest BCUT2D eigenvalue weighted by atomic mass is 10.0. The molecule has 1 atom stereocenters. The van der Waals surface area contributed by atoms with Gasteiger partial charge in [-0.1, -0.05) is 18.2 Å². The summed E-state index contributed by atoms with van der Waals surface area (Å²) in [6, 6.07) is 11.2.